The molecule has 0 saturated carbocycles. The normalized spacial score (nSPS) is 11.5. The van der Waals surface area contributed by atoms with Gasteiger partial charge in [-0.3, -0.25) is 4.79 Å². The van der Waals surface area contributed by atoms with Gasteiger partial charge in [0.25, 0.3) is 0 Å². The highest BCUT2D eigenvalue weighted by molar-refractivity contribution is 14.0. The van der Waals surface area contributed by atoms with Gasteiger partial charge in [0, 0.05) is 19.6 Å². The third-order valence-corrected chi connectivity index (χ3v) is 3.09. The summed E-state index contributed by atoms with van der Waals surface area (Å²) in [6, 6.07) is 5.07. The number of nitrogens with zero attached hydrogens (tertiary/aromatic N) is 1. The van der Waals surface area contributed by atoms with E-state index in [1.807, 2.05) is 13.8 Å². The third-order valence-electron chi connectivity index (χ3n) is 3.09. The summed E-state index contributed by atoms with van der Waals surface area (Å²) in [7, 11) is 0. The number of alkyl halides is 3. The number of rotatable bonds is 7. The lowest BCUT2D eigenvalue weighted by molar-refractivity contribution is -0.137. The van der Waals surface area contributed by atoms with Gasteiger partial charge in [-0.1, -0.05) is 12.1 Å². The molecule has 0 aliphatic heterocycles. The van der Waals surface area contributed by atoms with E-state index in [1.165, 1.54) is 12.1 Å². The summed E-state index contributed by atoms with van der Waals surface area (Å²) in [5.74, 6) is 0.327. The highest BCUT2D eigenvalue weighted by atomic mass is 127. The maximum absolute atomic E-state index is 12.5. The van der Waals surface area contributed by atoms with Crippen molar-refractivity contribution in [3.05, 3.63) is 35.4 Å². The summed E-state index contributed by atoms with van der Waals surface area (Å²) in [5, 5.41) is 8.70. The molecule has 1 amide bonds. The second-order valence-electron chi connectivity index (χ2n) is 5.02. The first-order valence-electron chi connectivity index (χ1n) is 7.81. The van der Waals surface area contributed by atoms with E-state index in [9.17, 15) is 18.0 Å². The van der Waals surface area contributed by atoms with E-state index in [-0.39, 0.29) is 36.4 Å². The number of halogens is 4. The van der Waals surface area contributed by atoms with E-state index in [1.54, 1.807) is 0 Å². The molecule has 0 unspecified atom stereocenters. The van der Waals surface area contributed by atoms with Crippen LogP contribution < -0.4 is 16.0 Å². The number of likely N-dealkylation sites (N-methyl/N-ethyl adjacent to an activating group) is 1. The zero-order chi connectivity index (χ0) is 18.0. The van der Waals surface area contributed by atoms with Crippen molar-refractivity contribution in [2.45, 2.75) is 26.4 Å². The molecule has 0 atom stereocenters. The number of carbonyl (C=O) groups is 1. The Hall–Kier alpha value is -1.52. The van der Waals surface area contributed by atoms with Crippen LogP contribution in [0.15, 0.2) is 29.3 Å². The van der Waals surface area contributed by atoms with E-state index >= 15 is 0 Å². The van der Waals surface area contributed by atoms with Gasteiger partial charge in [0.2, 0.25) is 5.91 Å². The van der Waals surface area contributed by atoms with Gasteiger partial charge in [-0.15, -0.1) is 24.0 Å². The number of guanidine groups is 1. The molecule has 0 fully saturated rings. The Kier molecular flexibility index (Phi) is 11.2. The quantitative estimate of drug-likeness (QED) is 0.325. The largest absolute Gasteiger partial charge is 0.416 e. The zero-order valence-corrected chi connectivity index (χ0v) is 16.6. The van der Waals surface area contributed by atoms with Crippen molar-refractivity contribution < 1.29 is 18.0 Å². The predicted octanol–water partition coefficient (Wildman–Crippen LogP) is 2.56. The Morgan fingerprint density at radius 3 is 2.16 bits per heavy atom. The number of nitrogens with one attached hydrogen (secondary N) is 3. The van der Waals surface area contributed by atoms with Crippen molar-refractivity contribution in [2.24, 2.45) is 4.99 Å². The van der Waals surface area contributed by atoms with Gasteiger partial charge in [-0.25, -0.2) is 4.99 Å². The van der Waals surface area contributed by atoms with Crippen LogP contribution in [0.25, 0.3) is 0 Å². The van der Waals surface area contributed by atoms with E-state index in [2.05, 4.69) is 20.9 Å². The minimum absolute atomic E-state index is 0. The van der Waals surface area contributed by atoms with Crippen molar-refractivity contribution in [3.63, 3.8) is 0 Å². The second-order valence-corrected chi connectivity index (χ2v) is 5.02. The molecule has 0 aromatic heterocycles. The van der Waals surface area contributed by atoms with Crippen molar-refractivity contribution in [2.75, 3.05) is 26.2 Å². The minimum Gasteiger partial charge on any atom is -0.357 e. The molecule has 25 heavy (non-hydrogen) atoms. The first kappa shape index (κ1) is 23.5. The molecule has 0 spiro atoms. The van der Waals surface area contributed by atoms with E-state index in [0.29, 0.717) is 32.0 Å². The van der Waals surface area contributed by atoms with Crippen LogP contribution in [0.4, 0.5) is 13.2 Å². The molecule has 1 aromatic carbocycles. The van der Waals surface area contributed by atoms with Gasteiger partial charge in [-0.05, 0) is 38.0 Å². The Balaban J connectivity index is 0.00000576. The Labute approximate surface area is 162 Å². The summed E-state index contributed by atoms with van der Waals surface area (Å²) >= 11 is 0. The van der Waals surface area contributed by atoms with Crippen LogP contribution in [-0.4, -0.2) is 38.0 Å². The number of aliphatic imine (C=N–C) groups is 1. The molecule has 0 aliphatic carbocycles. The molecule has 0 aliphatic rings. The van der Waals surface area contributed by atoms with Crippen LogP contribution in [0.2, 0.25) is 0 Å². The van der Waals surface area contributed by atoms with Crippen LogP contribution in [0, 0.1) is 0 Å². The predicted molar refractivity (Wildman–Crippen MR) is 103 cm³/mol. The maximum Gasteiger partial charge on any atom is 0.416 e. The first-order chi connectivity index (χ1) is 11.4. The summed E-state index contributed by atoms with van der Waals surface area (Å²) in [5.41, 5.74) is 0.131. The summed E-state index contributed by atoms with van der Waals surface area (Å²) in [6.45, 7) is 5.43. The lowest BCUT2D eigenvalue weighted by Crippen LogP contribution is -2.39. The van der Waals surface area contributed by atoms with Crippen molar-refractivity contribution in [1.82, 2.24) is 16.0 Å². The number of hydrogen-bond donors (Lipinski definition) is 3. The van der Waals surface area contributed by atoms with Crippen LogP contribution in [0.1, 0.15) is 25.0 Å². The van der Waals surface area contributed by atoms with Crippen LogP contribution in [0.5, 0.6) is 0 Å². The van der Waals surface area contributed by atoms with Crippen LogP contribution in [-0.2, 0) is 17.4 Å². The molecular weight excluding hydrogens is 448 g/mol. The molecule has 1 rings (SSSR count). The number of hydrogen-bond acceptors (Lipinski definition) is 2. The average molecular weight is 472 g/mol. The molecule has 5 nitrogen and oxygen atoms in total. The Morgan fingerprint density at radius 1 is 1.04 bits per heavy atom. The highest BCUT2D eigenvalue weighted by Crippen LogP contribution is 2.29. The van der Waals surface area contributed by atoms with E-state index in [4.69, 9.17) is 0 Å². The van der Waals surface area contributed by atoms with Crippen LogP contribution in [0.3, 0.4) is 0 Å². The summed E-state index contributed by atoms with van der Waals surface area (Å²) in [6.07, 6.45) is -3.77. The highest BCUT2D eigenvalue weighted by Gasteiger charge is 2.29. The number of amides is 1. The summed E-state index contributed by atoms with van der Waals surface area (Å²) in [4.78, 5) is 15.5. The van der Waals surface area contributed by atoms with Gasteiger partial charge in [-0.2, -0.15) is 13.2 Å². The second kappa shape index (κ2) is 11.9. The smallest absolute Gasteiger partial charge is 0.357 e. The molecule has 0 heterocycles. The summed E-state index contributed by atoms with van der Waals surface area (Å²) < 4.78 is 37.5. The molecule has 1 aromatic rings. The monoisotopic (exact) mass is 472 g/mol. The molecule has 142 valence electrons. The molecular formula is C16H24F3IN4O. The Morgan fingerprint density at radius 2 is 1.64 bits per heavy atom. The lowest BCUT2D eigenvalue weighted by Gasteiger charge is -2.12. The molecule has 0 bridgehead atoms. The fourth-order valence-corrected chi connectivity index (χ4v) is 1.93. The molecule has 3 N–H and O–H groups in total. The van der Waals surface area contributed by atoms with E-state index in [0.717, 1.165) is 17.7 Å². The molecule has 9 heteroatoms. The van der Waals surface area contributed by atoms with E-state index < -0.39 is 11.7 Å². The number of carbonyl (C=O) groups excluding carboxylic acids is 1. The number of benzene rings is 1. The molecule has 0 saturated heterocycles. The lowest BCUT2D eigenvalue weighted by atomic mass is 10.1. The SMILES string of the molecule is CCNC(=O)CN=C(NCC)NCCc1ccc(C(F)(F)F)cc1.I. The van der Waals surface area contributed by atoms with Crippen molar-refractivity contribution in [1.29, 1.82) is 0 Å². The minimum atomic E-state index is -4.32. The third kappa shape index (κ3) is 9.51. The average Bonchev–Trinajstić information content (AvgIpc) is 2.52. The van der Waals surface area contributed by atoms with Gasteiger partial charge in [0.1, 0.15) is 6.54 Å². The van der Waals surface area contributed by atoms with Gasteiger partial charge >= 0.3 is 6.18 Å². The van der Waals surface area contributed by atoms with Gasteiger partial charge < -0.3 is 16.0 Å². The van der Waals surface area contributed by atoms with Gasteiger partial charge in [0.05, 0.1) is 5.56 Å². The fourth-order valence-electron chi connectivity index (χ4n) is 1.93. The zero-order valence-electron chi connectivity index (χ0n) is 14.2. The first-order valence-corrected chi connectivity index (χ1v) is 7.81. The topological polar surface area (TPSA) is 65.5 Å². The maximum atomic E-state index is 12.5. The van der Waals surface area contributed by atoms with Crippen molar-refractivity contribution in [3.8, 4) is 0 Å². The standard InChI is InChI=1S/C16H23F3N4O.HI/c1-3-20-14(24)11-23-15(21-4-2)22-10-9-12-5-7-13(8-6-12)16(17,18)19;/h5-8H,3-4,9-11H2,1-2H3,(H,20,24)(H2,21,22,23);1H. The fraction of sp³-hybridized carbons (Fsp3) is 0.500. The molecule has 0 radical (unpaired) electrons. The van der Waals surface area contributed by atoms with Crippen molar-refractivity contribution >= 4 is 35.8 Å². The van der Waals surface area contributed by atoms with Gasteiger partial charge in [0.15, 0.2) is 5.96 Å². The Bertz CT molecular complexity index is 547. The van der Waals surface area contributed by atoms with Crippen LogP contribution >= 0.6 is 24.0 Å².